The van der Waals surface area contributed by atoms with E-state index in [0.29, 0.717) is 17.4 Å². The minimum Gasteiger partial charge on any atom is -0.478 e. The first-order chi connectivity index (χ1) is 11.3. The molecule has 0 aliphatic rings. The Morgan fingerprint density at radius 2 is 1.79 bits per heavy atom. The van der Waals surface area contributed by atoms with Gasteiger partial charge in [0.2, 0.25) is 5.91 Å². The second-order valence-electron chi connectivity index (χ2n) is 6.36. The molecule has 128 valence electrons. The summed E-state index contributed by atoms with van der Waals surface area (Å²) < 4.78 is 5.33. The lowest BCUT2D eigenvalue weighted by molar-refractivity contribution is -0.120. The van der Waals surface area contributed by atoms with Crippen LogP contribution in [0.15, 0.2) is 34.7 Å². The van der Waals surface area contributed by atoms with E-state index in [0.717, 1.165) is 12.0 Å². The summed E-state index contributed by atoms with van der Waals surface area (Å²) in [5.41, 5.74) is 2.34. The van der Waals surface area contributed by atoms with Crippen LogP contribution in [0.2, 0.25) is 0 Å². The second-order valence-corrected chi connectivity index (χ2v) is 6.36. The van der Waals surface area contributed by atoms with Gasteiger partial charge in [0.25, 0.3) is 0 Å². The Labute approximate surface area is 141 Å². The molecule has 0 aliphatic heterocycles. The minimum atomic E-state index is -1.03. The Hall–Kier alpha value is -2.56. The number of carbonyl (C=O) groups is 2. The van der Waals surface area contributed by atoms with Crippen molar-refractivity contribution < 1.29 is 19.1 Å². The molecular weight excluding hydrogens is 306 g/mol. The molecule has 1 heterocycles. The Morgan fingerprint density at radius 3 is 2.33 bits per heavy atom. The number of hydrogen-bond acceptors (Lipinski definition) is 3. The van der Waals surface area contributed by atoms with Crippen LogP contribution in [0.3, 0.4) is 0 Å². The average Bonchev–Trinajstić information content (AvgIpc) is 2.88. The number of carboxylic acids is 1. The van der Waals surface area contributed by atoms with Crippen LogP contribution in [0.4, 0.5) is 0 Å². The zero-order valence-electron chi connectivity index (χ0n) is 14.3. The summed E-state index contributed by atoms with van der Waals surface area (Å²) in [5.74, 6) is 0.220. The van der Waals surface area contributed by atoms with Gasteiger partial charge in [0, 0.05) is 0 Å². The molecule has 5 heteroatoms. The highest BCUT2D eigenvalue weighted by Gasteiger charge is 2.14. The largest absolute Gasteiger partial charge is 0.478 e. The van der Waals surface area contributed by atoms with Crippen LogP contribution in [-0.4, -0.2) is 17.0 Å². The summed E-state index contributed by atoms with van der Waals surface area (Å²) in [5, 5.41) is 11.7. The number of amides is 1. The fraction of sp³-hybridized carbons (Fsp3) is 0.368. The van der Waals surface area contributed by atoms with Gasteiger partial charge in [-0.25, -0.2) is 4.79 Å². The van der Waals surface area contributed by atoms with E-state index in [1.54, 1.807) is 6.92 Å². The number of furan rings is 1. The zero-order chi connectivity index (χ0) is 17.7. The van der Waals surface area contributed by atoms with Crippen LogP contribution in [0.1, 0.15) is 46.9 Å². The van der Waals surface area contributed by atoms with Crippen molar-refractivity contribution in [2.75, 3.05) is 0 Å². The Kier molecular flexibility index (Phi) is 5.79. The van der Waals surface area contributed by atoms with Crippen molar-refractivity contribution in [3.05, 3.63) is 58.5 Å². The lowest BCUT2D eigenvalue weighted by atomic mass is 10.0. The molecule has 2 aromatic rings. The van der Waals surface area contributed by atoms with Crippen molar-refractivity contribution >= 4 is 11.9 Å². The normalized spacial score (nSPS) is 10.8. The third-order valence-corrected chi connectivity index (χ3v) is 3.69. The molecule has 1 amide bonds. The molecule has 0 aliphatic carbocycles. The van der Waals surface area contributed by atoms with Crippen molar-refractivity contribution in [3.8, 4) is 0 Å². The van der Waals surface area contributed by atoms with Crippen molar-refractivity contribution in [1.29, 1.82) is 0 Å². The molecule has 0 saturated carbocycles. The fourth-order valence-electron chi connectivity index (χ4n) is 2.54. The molecule has 0 fully saturated rings. The number of carboxylic acid groups (broad SMARTS) is 1. The van der Waals surface area contributed by atoms with Crippen molar-refractivity contribution in [1.82, 2.24) is 5.32 Å². The monoisotopic (exact) mass is 329 g/mol. The van der Waals surface area contributed by atoms with Gasteiger partial charge in [-0.15, -0.1) is 0 Å². The maximum Gasteiger partial charge on any atom is 0.339 e. The van der Waals surface area contributed by atoms with E-state index < -0.39 is 5.97 Å². The number of nitrogens with one attached hydrogen (secondary N) is 1. The van der Waals surface area contributed by atoms with E-state index in [1.165, 1.54) is 11.6 Å². The van der Waals surface area contributed by atoms with E-state index in [1.807, 2.05) is 12.1 Å². The zero-order valence-corrected chi connectivity index (χ0v) is 14.3. The smallest absolute Gasteiger partial charge is 0.339 e. The van der Waals surface area contributed by atoms with E-state index in [4.69, 9.17) is 9.52 Å². The van der Waals surface area contributed by atoms with Gasteiger partial charge in [-0.05, 0) is 36.5 Å². The fourth-order valence-corrected chi connectivity index (χ4v) is 2.54. The minimum absolute atomic E-state index is 0.125. The van der Waals surface area contributed by atoms with Gasteiger partial charge in [0.15, 0.2) is 0 Å². The molecule has 24 heavy (non-hydrogen) atoms. The van der Waals surface area contributed by atoms with Gasteiger partial charge in [-0.3, -0.25) is 4.79 Å². The van der Waals surface area contributed by atoms with Gasteiger partial charge in [0.05, 0.1) is 13.0 Å². The van der Waals surface area contributed by atoms with Crippen LogP contribution in [0.5, 0.6) is 0 Å². The van der Waals surface area contributed by atoms with Gasteiger partial charge in [-0.1, -0.05) is 38.1 Å². The average molecular weight is 329 g/mol. The van der Waals surface area contributed by atoms with Crippen LogP contribution in [0.25, 0.3) is 0 Å². The maximum absolute atomic E-state index is 12.0. The number of carbonyl (C=O) groups excluding carboxylic acids is 1. The highest BCUT2D eigenvalue weighted by atomic mass is 16.4. The molecule has 0 saturated heterocycles. The highest BCUT2D eigenvalue weighted by molar-refractivity contribution is 5.88. The van der Waals surface area contributed by atoms with Crippen LogP contribution < -0.4 is 5.32 Å². The highest BCUT2D eigenvalue weighted by Crippen LogP contribution is 2.14. The van der Waals surface area contributed by atoms with Gasteiger partial charge >= 0.3 is 5.97 Å². The van der Waals surface area contributed by atoms with Gasteiger partial charge in [-0.2, -0.15) is 0 Å². The predicted octanol–water partition coefficient (Wildman–Crippen LogP) is 3.34. The molecule has 0 unspecified atom stereocenters. The summed E-state index contributed by atoms with van der Waals surface area (Å²) in [6, 6.07) is 9.49. The molecular formula is C19H23NO4. The van der Waals surface area contributed by atoms with Crippen LogP contribution in [-0.2, 0) is 24.2 Å². The van der Waals surface area contributed by atoms with Gasteiger partial charge in [0.1, 0.15) is 17.1 Å². The summed E-state index contributed by atoms with van der Waals surface area (Å²) in [4.78, 5) is 23.0. The van der Waals surface area contributed by atoms with E-state index in [9.17, 15) is 9.59 Å². The first kappa shape index (κ1) is 17.8. The van der Waals surface area contributed by atoms with Crippen LogP contribution in [0, 0.1) is 12.8 Å². The third kappa shape index (κ3) is 4.98. The summed E-state index contributed by atoms with van der Waals surface area (Å²) in [6.07, 6.45) is 1.31. The topological polar surface area (TPSA) is 79.5 Å². The standard InChI is InChI=1S/C19H23NO4/c1-12(2)8-14-4-6-15(7-5-14)9-18(21)20-11-16-10-17(19(22)23)13(3)24-16/h4-7,10,12H,8-9,11H2,1-3H3,(H,20,21)(H,22,23). The molecule has 0 spiro atoms. The molecule has 0 radical (unpaired) electrons. The lowest BCUT2D eigenvalue weighted by Crippen LogP contribution is -2.24. The van der Waals surface area contributed by atoms with Gasteiger partial charge < -0.3 is 14.8 Å². The third-order valence-electron chi connectivity index (χ3n) is 3.69. The molecule has 1 aromatic carbocycles. The molecule has 0 atom stereocenters. The SMILES string of the molecule is Cc1oc(CNC(=O)Cc2ccc(CC(C)C)cc2)cc1C(=O)O. The number of benzene rings is 1. The van der Waals surface area contributed by atoms with E-state index in [2.05, 4.69) is 31.3 Å². The van der Waals surface area contributed by atoms with Crippen molar-refractivity contribution in [2.45, 2.75) is 40.2 Å². The maximum atomic E-state index is 12.0. The molecule has 2 N–H and O–H groups in total. The van der Waals surface area contributed by atoms with Crippen molar-refractivity contribution in [2.24, 2.45) is 5.92 Å². The number of hydrogen-bond donors (Lipinski definition) is 2. The van der Waals surface area contributed by atoms with E-state index >= 15 is 0 Å². The molecule has 0 bridgehead atoms. The first-order valence-corrected chi connectivity index (χ1v) is 8.02. The van der Waals surface area contributed by atoms with Crippen LogP contribution >= 0.6 is 0 Å². The predicted molar refractivity (Wildman–Crippen MR) is 90.9 cm³/mol. The molecule has 5 nitrogen and oxygen atoms in total. The van der Waals surface area contributed by atoms with E-state index in [-0.39, 0.29) is 24.4 Å². The lowest BCUT2D eigenvalue weighted by Gasteiger charge is -2.07. The molecule has 1 aromatic heterocycles. The quantitative estimate of drug-likeness (QED) is 0.816. The molecule has 2 rings (SSSR count). The Balaban J connectivity index is 1.87. The summed E-state index contributed by atoms with van der Waals surface area (Å²) in [6.45, 7) is 6.12. The second kappa shape index (κ2) is 7.81. The Bertz CT molecular complexity index is 713. The number of aromatic carboxylic acids is 1. The number of rotatable bonds is 7. The van der Waals surface area contributed by atoms with Crippen molar-refractivity contribution in [3.63, 3.8) is 0 Å². The summed E-state index contributed by atoms with van der Waals surface area (Å²) >= 11 is 0. The summed E-state index contributed by atoms with van der Waals surface area (Å²) in [7, 11) is 0. The Morgan fingerprint density at radius 1 is 1.17 bits per heavy atom. The first-order valence-electron chi connectivity index (χ1n) is 8.02. The number of aryl methyl sites for hydroxylation is 1.